The number of non-ortho nitro benzene ring substituents is 1. The largest absolute Gasteiger partial charge is 0.269 e. The standard InChI is InChI=1S/C12H14N4O2/c1-2-3-4-12-13-9-15(14-12)10-5-7-11(8-6-10)16(17)18/h5-9H,2-4H2,1H3. The number of unbranched alkanes of at least 4 members (excludes halogenated alkanes) is 1. The Balaban J connectivity index is 2.15. The van der Waals surface area contributed by atoms with Crippen LogP contribution in [0.1, 0.15) is 25.6 Å². The van der Waals surface area contributed by atoms with Crippen molar-refractivity contribution in [1.29, 1.82) is 0 Å². The predicted octanol–water partition coefficient (Wildman–Crippen LogP) is 2.52. The number of rotatable bonds is 5. The van der Waals surface area contributed by atoms with Crippen LogP contribution < -0.4 is 0 Å². The summed E-state index contributed by atoms with van der Waals surface area (Å²) >= 11 is 0. The lowest BCUT2D eigenvalue weighted by atomic mass is 10.2. The van der Waals surface area contributed by atoms with E-state index in [-0.39, 0.29) is 5.69 Å². The molecule has 0 aliphatic rings. The van der Waals surface area contributed by atoms with Gasteiger partial charge in [0, 0.05) is 18.6 Å². The molecule has 0 radical (unpaired) electrons. The lowest BCUT2D eigenvalue weighted by molar-refractivity contribution is -0.384. The van der Waals surface area contributed by atoms with Crippen molar-refractivity contribution in [2.45, 2.75) is 26.2 Å². The van der Waals surface area contributed by atoms with Gasteiger partial charge in [-0.15, -0.1) is 0 Å². The fourth-order valence-electron chi connectivity index (χ4n) is 1.60. The quantitative estimate of drug-likeness (QED) is 0.600. The SMILES string of the molecule is CCCCc1ncn(-c2ccc([N+](=O)[O-])cc2)n1. The van der Waals surface area contributed by atoms with Gasteiger partial charge in [-0.25, -0.2) is 9.67 Å². The number of aryl methyl sites for hydroxylation is 1. The number of aromatic nitrogens is 3. The second-order valence-electron chi connectivity index (χ2n) is 3.98. The van der Waals surface area contributed by atoms with Gasteiger partial charge in [-0.3, -0.25) is 10.1 Å². The van der Waals surface area contributed by atoms with Crippen LogP contribution in [0.5, 0.6) is 0 Å². The highest BCUT2D eigenvalue weighted by Gasteiger charge is 2.06. The number of nitro benzene ring substituents is 1. The number of nitrogens with zero attached hydrogens (tertiary/aromatic N) is 4. The van der Waals surface area contributed by atoms with Crippen LogP contribution in [0.3, 0.4) is 0 Å². The molecule has 1 aromatic carbocycles. The van der Waals surface area contributed by atoms with E-state index in [0.29, 0.717) is 0 Å². The molecule has 0 N–H and O–H groups in total. The predicted molar refractivity (Wildman–Crippen MR) is 66.6 cm³/mol. The summed E-state index contributed by atoms with van der Waals surface area (Å²) in [5.41, 5.74) is 0.848. The van der Waals surface area contributed by atoms with Crippen LogP contribution in [0.15, 0.2) is 30.6 Å². The van der Waals surface area contributed by atoms with Crippen molar-refractivity contribution in [2.75, 3.05) is 0 Å². The molecule has 0 saturated heterocycles. The van der Waals surface area contributed by atoms with Crippen LogP contribution in [0.25, 0.3) is 5.69 Å². The summed E-state index contributed by atoms with van der Waals surface area (Å²) in [5, 5.41) is 14.9. The van der Waals surface area contributed by atoms with Crippen molar-refractivity contribution in [3.05, 3.63) is 46.5 Å². The molecule has 1 heterocycles. The van der Waals surface area contributed by atoms with Gasteiger partial charge in [-0.05, 0) is 18.6 Å². The van der Waals surface area contributed by atoms with E-state index in [2.05, 4.69) is 17.0 Å². The molecule has 0 saturated carbocycles. The molecule has 2 rings (SSSR count). The van der Waals surface area contributed by atoms with E-state index in [1.165, 1.54) is 12.1 Å². The van der Waals surface area contributed by atoms with Crippen molar-refractivity contribution in [3.8, 4) is 5.69 Å². The highest BCUT2D eigenvalue weighted by molar-refractivity contribution is 5.39. The maximum atomic E-state index is 10.5. The third kappa shape index (κ3) is 2.71. The second kappa shape index (κ2) is 5.39. The van der Waals surface area contributed by atoms with Crippen LogP contribution in [-0.2, 0) is 6.42 Å². The Labute approximate surface area is 104 Å². The van der Waals surface area contributed by atoms with Crippen molar-refractivity contribution >= 4 is 5.69 Å². The Morgan fingerprint density at radius 2 is 2.06 bits per heavy atom. The van der Waals surface area contributed by atoms with E-state index >= 15 is 0 Å². The first-order valence-electron chi connectivity index (χ1n) is 5.86. The van der Waals surface area contributed by atoms with E-state index < -0.39 is 4.92 Å². The first kappa shape index (κ1) is 12.2. The molecule has 0 aliphatic heterocycles. The summed E-state index contributed by atoms with van der Waals surface area (Å²) in [5.74, 6) is 0.801. The Hall–Kier alpha value is -2.24. The molecule has 18 heavy (non-hydrogen) atoms. The van der Waals surface area contributed by atoms with E-state index in [1.807, 2.05) is 0 Å². The second-order valence-corrected chi connectivity index (χ2v) is 3.98. The summed E-state index contributed by atoms with van der Waals surface area (Å²) in [4.78, 5) is 14.3. The van der Waals surface area contributed by atoms with Gasteiger partial charge in [0.15, 0.2) is 5.82 Å². The number of benzene rings is 1. The van der Waals surface area contributed by atoms with Crippen LogP contribution in [0, 0.1) is 10.1 Å². The Bertz CT molecular complexity index is 533. The van der Waals surface area contributed by atoms with Gasteiger partial charge in [0.05, 0.1) is 10.6 Å². The van der Waals surface area contributed by atoms with E-state index in [9.17, 15) is 10.1 Å². The molecule has 6 heteroatoms. The highest BCUT2D eigenvalue weighted by atomic mass is 16.6. The molecule has 1 aromatic heterocycles. The molecule has 0 fully saturated rings. The van der Waals surface area contributed by atoms with Crippen LogP contribution in [0.2, 0.25) is 0 Å². The molecule has 0 bridgehead atoms. The molecule has 0 unspecified atom stereocenters. The minimum Gasteiger partial charge on any atom is -0.258 e. The van der Waals surface area contributed by atoms with Gasteiger partial charge in [0.2, 0.25) is 0 Å². The topological polar surface area (TPSA) is 73.8 Å². The summed E-state index contributed by atoms with van der Waals surface area (Å²) in [7, 11) is 0. The fraction of sp³-hybridized carbons (Fsp3) is 0.333. The molecule has 2 aromatic rings. The summed E-state index contributed by atoms with van der Waals surface area (Å²) < 4.78 is 1.63. The summed E-state index contributed by atoms with van der Waals surface area (Å²) in [6.07, 6.45) is 4.65. The lowest BCUT2D eigenvalue weighted by Gasteiger charge is -1.99. The molecule has 0 atom stereocenters. The van der Waals surface area contributed by atoms with Crippen molar-refractivity contribution in [3.63, 3.8) is 0 Å². The van der Waals surface area contributed by atoms with Crippen LogP contribution in [-0.4, -0.2) is 19.7 Å². The number of hydrogen-bond acceptors (Lipinski definition) is 4. The Kier molecular flexibility index (Phi) is 3.66. The maximum absolute atomic E-state index is 10.5. The third-order valence-corrected chi connectivity index (χ3v) is 2.62. The molecule has 0 amide bonds. The maximum Gasteiger partial charge on any atom is 0.269 e. The Morgan fingerprint density at radius 3 is 2.67 bits per heavy atom. The van der Waals surface area contributed by atoms with Crippen molar-refractivity contribution in [1.82, 2.24) is 14.8 Å². The van der Waals surface area contributed by atoms with Crippen molar-refractivity contribution < 1.29 is 4.92 Å². The normalized spacial score (nSPS) is 10.5. The van der Waals surface area contributed by atoms with Crippen molar-refractivity contribution in [2.24, 2.45) is 0 Å². The zero-order valence-corrected chi connectivity index (χ0v) is 10.1. The fourth-order valence-corrected chi connectivity index (χ4v) is 1.60. The third-order valence-electron chi connectivity index (χ3n) is 2.62. The monoisotopic (exact) mass is 246 g/mol. The zero-order chi connectivity index (χ0) is 13.0. The molecule has 0 aliphatic carbocycles. The van der Waals surface area contributed by atoms with Crippen LogP contribution in [0.4, 0.5) is 5.69 Å². The molecule has 6 nitrogen and oxygen atoms in total. The minimum atomic E-state index is -0.419. The lowest BCUT2D eigenvalue weighted by Crippen LogP contribution is -1.97. The summed E-state index contributed by atoms with van der Waals surface area (Å²) in [6, 6.07) is 6.25. The molecule has 94 valence electrons. The van der Waals surface area contributed by atoms with Gasteiger partial charge in [0.25, 0.3) is 5.69 Å². The first-order chi connectivity index (χ1) is 8.70. The number of hydrogen-bond donors (Lipinski definition) is 0. The van der Waals surface area contributed by atoms with Gasteiger partial charge < -0.3 is 0 Å². The van der Waals surface area contributed by atoms with Gasteiger partial charge >= 0.3 is 0 Å². The van der Waals surface area contributed by atoms with E-state index in [1.54, 1.807) is 23.1 Å². The van der Waals surface area contributed by atoms with Gasteiger partial charge in [-0.1, -0.05) is 13.3 Å². The number of nitro groups is 1. The average molecular weight is 246 g/mol. The zero-order valence-electron chi connectivity index (χ0n) is 10.1. The smallest absolute Gasteiger partial charge is 0.258 e. The van der Waals surface area contributed by atoms with E-state index in [4.69, 9.17) is 0 Å². The van der Waals surface area contributed by atoms with Gasteiger partial charge in [-0.2, -0.15) is 5.10 Å². The average Bonchev–Trinajstić information content (AvgIpc) is 2.85. The molecule has 0 spiro atoms. The van der Waals surface area contributed by atoms with Crippen LogP contribution >= 0.6 is 0 Å². The minimum absolute atomic E-state index is 0.0741. The summed E-state index contributed by atoms with van der Waals surface area (Å²) in [6.45, 7) is 2.12. The molecular weight excluding hydrogens is 232 g/mol. The highest BCUT2D eigenvalue weighted by Crippen LogP contribution is 2.14. The Morgan fingerprint density at radius 1 is 1.33 bits per heavy atom. The van der Waals surface area contributed by atoms with Gasteiger partial charge in [0.1, 0.15) is 6.33 Å². The van der Waals surface area contributed by atoms with E-state index in [0.717, 1.165) is 30.8 Å². The first-order valence-corrected chi connectivity index (χ1v) is 5.86. The molecular formula is C12H14N4O2.